The van der Waals surface area contributed by atoms with Crippen LogP contribution in [0.2, 0.25) is 0 Å². The predicted octanol–water partition coefficient (Wildman–Crippen LogP) is 1.73. The number of nitrogens with zero attached hydrogens (tertiary/aromatic N) is 1. The zero-order valence-electron chi connectivity index (χ0n) is 12.7. The van der Waals surface area contributed by atoms with Gasteiger partial charge in [0.05, 0.1) is 6.54 Å². The molecule has 0 heterocycles. The number of alkyl halides is 2. The second-order valence-electron chi connectivity index (χ2n) is 4.74. The highest BCUT2D eigenvalue weighted by Gasteiger charge is 2.10. The van der Waals surface area contributed by atoms with E-state index < -0.39 is 18.5 Å². The zero-order chi connectivity index (χ0) is 17.2. The number of hydrogen-bond acceptors (Lipinski definition) is 4. The Hall–Kier alpha value is -2.48. The van der Waals surface area contributed by atoms with Gasteiger partial charge in [-0.05, 0) is 24.7 Å². The molecule has 0 aliphatic heterocycles. The van der Waals surface area contributed by atoms with Crippen molar-refractivity contribution in [2.45, 2.75) is 13.2 Å². The molecule has 0 spiro atoms. The van der Waals surface area contributed by atoms with Gasteiger partial charge in [-0.1, -0.05) is 18.2 Å². The molecule has 2 N–H and O–H groups in total. The van der Waals surface area contributed by atoms with E-state index in [0.717, 1.165) is 5.56 Å². The Labute approximate surface area is 133 Å². The molecule has 0 atom stereocenters. The van der Waals surface area contributed by atoms with Crippen molar-refractivity contribution < 1.29 is 23.1 Å². The molecular weight excluding hydrogens is 308 g/mol. The highest BCUT2D eigenvalue weighted by atomic mass is 19.3. The summed E-state index contributed by atoms with van der Waals surface area (Å²) in [6.45, 7) is 1.27. The highest BCUT2D eigenvalue weighted by Crippen LogP contribution is 2.15. The zero-order valence-corrected chi connectivity index (χ0v) is 12.7. The lowest BCUT2D eigenvalue weighted by Gasteiger charge is -2.16. The summed E-state index contributed by atoms with van der Waals surface area (Å²) in [5, 5.41) is 4.61. The number of carbonyl (C=O) groups excluding carboxylic acids is 2. The van der Waals surface area contributed by atoms with Gasteiger partial charge < -0.3 is 10.1 Å². The fourth-order valence-corrected chi connectivity index (χ4v) is 1.76. The Balaban J connectivity index is 2.40. The Morgan fingerprint density at radius 3 is 2.57 bits per heavy atom. The first-order chi connectivity index (χ1) is 10.9. The fraction of sp³-hybridized carbons (Fsp3) is 0.333. The molecule has 0 radical (unpaired) electrons. The molecular formula is C15H19F2N3O3. The average molecular weight is 327 g/mol. The van der Waals surface area contributed by atoms with Gasteiger partial charge in [0.2, 0.25) is 5.91 Å². The van der Waals surface area contributed by atoms with Crippen molar-refractivity contribution in [1.82, 2.24) is 15.5 Å². The lowest BCUT2D eigenvalue weighted by molar-refractivity contribution is -0.121. The number of ether oxygens (including phenoxy) is 1. The molecule has 0 bridgehead atoms. The average Bonchev–Trinajstić information content (AvgIpc) is 2.46. The molecule has 23 heavy (non-hydrogen) atoms. The normalized spacial score (nSPS) is 10.5. The van der Waals surface area contributed by atoms with Gasteiger partial charge in [0, 0.05) is 13.1 Å². The molecule has 0 saturated carbocycles. The summed E-state index contributed by atoms with van der Waals surface area (Å²) in [6, 6.07) is 5.53. The molecule has 3 amide bonds. The molecule has 0 saturated heterocycles. The number of benzene rings is 1. The second kappa shape index (κ2) is 9.52. The van der Waals surface area contributed by atoms with Crippen molar-refractivity contribution in [2.75, 3.05) is 20.1 Å². The molecule has 8 heteroatoms. The maximum Gasteiger partial charge on any atom is 0.387 e. The minimum absolute atomic E-state index is 0.0107. The monoisotopic (exact) mass is 327 g/mol. The minimum atomic E-state index is -2.86. The van der Waals surface area contributed by atoms with Crippen LogP contribution in [-0.2, 0) is 11.3 Å². The third-order valence-electron chi connectivity index (χ3n) is 2.67. The van der Waals surface area contributed by atoms with Crippen LogP contribution in [0.4, 0.5) is 13.6 Å². The predicted molar refractivity (Wildman–Crippen MR) is 81.1 cm³/mol. The number of likely N-dealkylation sites (N-methyl/N-ethyl adjacent to an activating group) is 1. The number of amides is 3. The van der Waals surface area contributed by atoms with Crippen molar-refractivity contribution in [1.29, 1.82) is 0 Å². The van der Waals surface area contributed by atoms with Crippen molar-refractivity contribution in [3.05, 3.63) is 42.5 Å². The van der Waals surface area contributed by atoms with Crippen LogP contribution >= 0.6 is 0 Å². The maximum atomic E-state index is 12.0. The van der Waals surface area contributed by atoms with Crippen LogP contribution in [-0.4, -0.2) is 43.6 Å². The number of imide groups is 1. The first-order valence-electron chi connectivity index (χ1n) is 6.81. The Morgan fingerprint density at radius 1 is 1.35 bits per heavy atom. The Kier molecular flexibility index (Phi) is 7.69. The van der Waals surface area contributed by atoms with Crippen LogP contribution in [0.5, 0.6) is 5.75 Å². The van der Waals surface area contributed by atoms with E-state index in [2.05, 4.69) is 21.9 Å². The van der Waals surface area contributed by atoms with Crippen molar-refractivity contribution in [3.63, 3.8) is 0 Å². The van der Waals surface area contributed by atoms with E-state index >= 15 is 0 Å². The lowest BCUT2D eigenvalue weighted by atomic mass is 10.2. The molecule has 0 fully saturated rings. The van der Waals surface area contributed by atoms with E-state index in [1.165, 1.54) is 18.2 Å². The number of carbonyl (C=O) groups is 2. The smallest absolute Gasteiger partial charge is 0.387 e. The topological polar surface area (TPSA) is 70.7 Å². The Bertz CT molecular complexity index is 535. The van der Waals surface area contributed by atoms with Gasteiger partial charge in [0.15, 0.2) is 0 Å². The van der Waals surface area contributed by atoms with Gasteiger partial charge in [-0.25, -0.2) is 4.79 Å². The van der Waals surface area contributed by atoms with Crippen LogP contribution in [0.15, 0.2) is 36.9 Å². The summed E-state index contributed by atoms with van der Waals surface area (Å²) in [5.74, 6) is -0.380. The number of rotatable bonds is 8. The van der Waals surface area contributed by atoms with E-state index in [9.17, 15) is 18.4 Å². The summed E-state index contributed by atoms with van der Waals surface area (Å²) >= 11 is 0. The number of urea groups is 1. The molecule has 0 aromatic heterocycles. The van der Waals surface area contributed by atoms with E-state index in [1.54, 1.807) is 24.1 Å². The quantitative estimate of drug-likeness (QED) is 0.714. The van der Waals surface area contributed by atoms with Gasteiger partial charge >= 0.3 is 12.6 Å². The molecule has 1 aromatic carbocycles. The van der Waals surface area contributed by atoms with Crippen LogP contribution in [0.3, 0.4) is 0 Å². The summed E-state index contributed by atoms with van der Waals surface area (Å²) in [7, 11) is 1.70. The van der Waals surface area contributed by atoms with Gasteiger partial charge in [-0.3, -0.25) is 15.0 Å². The van der Waals surface area contributed by atoms with Gasteiger partial charge in [-0.2, -0.15) is 8.78 Å². The Morgan fingerprint density at radius 2 is 2.00 bits per heavy atom. The highest BCUT2D eigenvalue weighted by molar-refractivity contribution is 5.95. The summed E-state index contributed by atoms with van der Waals surface area (Å²) in [4.78, 5) is 24.6. The van der Waals surface area contributed by atoms with Gasteiger partial charge in [0.25, 0.3) is 0 Å². The van der Waals surface area contributed by atoms with Crippen molar-refractivity contribution >= 4 is 11.9 Å². The van der Waals surface area contributed by atoms with Crippen molar-refractivity contribution in [3.8, 4) is 5.75 Å². The van der Waals surface area contributed by atoms with E-state index in [0.29, 0.717) is 6.54 Å². The van der Waals surface area contributed by atoms with E-state index in [1.807, 2.05) is 0 Å². The molecule has 1 aromatic rings. The van der Waals surface area contributed by atoms with Crippen molar-refractivity contribution in [2.24, 2.45) is 0 Å². The summed E-state index contributed by atoms with van der Waals surface area (Å²) < 4.78 is 28.3. The van der Waals surface area contributed by atoms with Gasteiger partial charge in [0.1, 0.15) is 5.75 Å². The molecule has 0 unspecified atom stereocenters. The summed E-state index contributed by atoms with van der Waals surface area (Å²) in [5.41, 5.74) is 0.818. The lowest BCUT2D eigenvalue weighted by Crippen LogP contribution is -2.43. The minimum Gasteiger partial charge on any atom is -0.435 e. The third-order valence-corrected chi connectivity index (χ3v) is 2.67. The second-order valence-corrected chi connectivity index (χ2v) is 4.74. The molecule has 1 rings (SSSR count). The largest absolute Gasteiger partial charge is 0.435 e. The maximum absolute atomic E-state index is 12.0. The van der Waals surface area contributed by atoms with Crippen LogP contribution < -0.4 is 15.4 Å². The number of hydrogen-bond donors (Lipinski definition) is 2. The van der Waals surface area contributed by atoms with E-state index in [-0.39, 0.29) is 18.8 Å². The van der Waals surface area contributed by atoms with Crippen LogP contribution in [0.1, 0.15) is 5.56 Å². The van der Waals surface area contributed by atoms with E-state index in [4.69, 9.17) is 0 Å². The number of nitrogens with one attached hydrogen (secondary N) is 2. The summed E-state index contributed by atoms with van der Waals surface area (Å²) in [6.07, 6.45) is 1.50. The van der Waals surface area contributed by atoms with Gasteiger partial charge in [-0.15, -0.1) is 6.58 Å². The van der Waals surface area contributed by atoms with Crippen LogP contribution in [0.25, 0.3) is 0 Å². The fourth-order valence-electron chi connectivity index (χ4n) is 1.76. The molecule has 126 valence electrons. The first kappa shape index (κ1) is 18.6. The molecule has 6 nitrogen and oxygen atoms in total. The third kappa shape index (κ3) is 7.91. The number of halogens is 2. The van der Waals surface area contributed by atoms with Crippen LogP contribution in [0, 0.1) is 0 Å². The standard InChI is InChI=1S/C15H19F2N3O3/c1-3-8-18-15(22)19-13(21)10-20(2)9-11-4-6-12(7-5-11)23-14(16)17/h3-7,14H,1,8-10H2,2H3,(H2,18,19,21,22). The SMILES string of the molecule is C=CCNC(=O)NC(=O)CN(C)Cc1ccc(OC(F)F)cc1. The first-order valence-corrected chi connectivity index (χ1v) is 6.81. The molecule has 0 aliphatic carbocycles. The molecule has 0 aliphatic rings.